The van der Waals surface area contributed by atoms with Crippen LogP contribution in [0.3, 0.4) is 0 Å². The molecule has 0 spiro atoms. The second-order valence-corrected chi connectivity index (χ2v) is 3.52. The van der Waals surface area contributed by atoms with E-state index in [2.05, 4.69) is 0 Å². The summed E-state index contributed by atoms with van der Waals surface area (Å²) in [6.07, 6.45) is 0. The lowest BCUT2D eigenvalue weighted by atomic mass is 10.1. The summed E-state index contributed by atoms with van der Waals surface area (Å²) in [5.41, 5.74) is 0.769. The van der Waals surface area contributed by atoms with Crippen molar-refractivity contribution in [3.63, 3.8) is 0 Å². The van der Waals surface area contributed by atoms with Crippen LogP contribution in [0.5, 0.6) is 0 Å². The minimum absolute atomic E-state index is 0.158. The first kappa shape index (κ1) is 9.58. The van der Waals surface area contributed by atoms with Crippen LogP contribution in [0.2, 0.25) is 5.02 Å². The van der Waals surface area contributed by atoms with Gasteiger partial charge in [0.2, 0.25) is 0 Å². The van der Waals surface area contributed by atoms with E-state index in [0.717, 1.165) is 5.56 Å². The largest absolute Gasteiger partial charge is 0.469 e. The van der Waals surface area contributed by atoms with Gasteiger partial charge in [-0.15, -0.1) is 0 Å². The van der Waals surface area contributed by atoms with Crippen molar-refractivity contribution in [3.05, 3.63) is 34.9 Å². The van der Waals surface area contributed by atoms with Crippen molar-refractivity contribution in [2.75, 3.05) is 6.61 Å². The van der Waals surface area contributed by atoms with E-state index in [1.54, 1.807) is 24.3 Å². The molecule has 0 saturated heterocycles. The smallest absolute Gasteiger partial charge is 0.390 e. The molecule has 0 saturated carbocycles. The Morgan fingerprint density at radius 2 is 2.33 bits per heavy atom. The maximum absolute atomic E-state index is 10.5. The fourth-order valence-electron chi connectivity index (χ4n) is 0.898. The topological polar surface area (TPSA) is 37.3 Å². The highest BCUT2D eigenvalue weighted by molar-refractivity contribution is 7.65. The Balaban J connectivity index is 2.93. The first-order valence-corrected chi connectivity index (χ1v) is 4.61. The fraction of sp³-hybridized carbons (Fsp3) is 0.250. The molecule has 1 aromatic carbocycles. The number of rotatable bonds is 3. The van der Waals surface area contributed by atoms with E-state index < -0.39 is 5.25 Å². The summed E-state index contributed by atoms with van der Waals surface area (Å²) in [4.78, 5) is 0. The van der Waals surface area contributed by atoms with Gasteiger partial charge in [-0.3, -0.25) is 0 Å². The highest BCUT2D eigenvalue weighted by atomic mass is 35.5. The van der Waals surface area contributed by atoms with Gasteiger partial charge >= 0.3 is 11.7 Å². The molecule has 12 heavy (non-hydrogen) atoms. The van der Waals surface area contributed by atoms with Crippen LogP contribution in [0.25, 0.3) is 0 Å². The van der Waals surface area contributed by atoms with Crippen LogP contribution in [0.4, 0.5) is 0 Å². The average Bonchev–Trinajstić information content (AvgIpc) is 2.07. The maximum atomic E-state index is 10.5. The molecule has 0 amide bonds. The molecule has 1 atom stereocenters. The molecule has 4 heteroatoms. The van der Waals surface area contributed by atoms with Gasteiger partial charge in [-0.2, -0.15) is 0 Å². The third-order valence-electron chi connectivity index (χ3n) is 1.50. The molecular weight excluding hydrogens is 196 g/mol. The minimum Gasteiger partial charge on any atom is -0.390 e. The Bertz CT molecular complexity index is 278. The number of halogens is 1. The Labute approximate surface area is 79.7 Å². The predicted molar refractivity (Wildman–Crippen MR) is 49.3 cm³/mol. The zero-order valence-electron chi connectivity index (χ0n) is 6.24. The van der Waals surface area contributed by atoms with Gasteiger partial charge in [0.25, 0.3) is 5.25 Å². The van der Waals surface area contributed by atoms with E-state index in [9.17, 15) is 4.21 Å². The van der Waals surface area contributed by atoms with Crippen molar-refractivity contribution < 1.29 is 9.32 Å². The molecule has 0 fully saturated rings. The molecule has 0 bridgehead atoms. The summed E-state index contributed by atoms with van der Waals surface area (Å²) in [5, 5.41) is 8.98. The third kappa shape index (κ3) is 2.24. The molecule has 0 radical (unpaired) electrons. The van der Waals surface area contributed by atoms with E-state index in [1.165, 1.54) is 0 Å². The van der Waals surface area contributed by atoms with Crippen LogP contribution in [0.15, 0.2) is 24.3 Å². The number of aliphatic hydroxyl groups excluding tert-OH is 1. The summed E-state index contributed by atoms with van der Waals surface area (Å²) >= 11 is 6.08. The molecule has 1 aromatic rings. The summed E-state index contributed by atoms with van der Waals surface area (Å²) < 4.78 is 10.5. The van der Waals surface area contributed by atoms with Crippen LogP contribution < -0.4 is 0 Å². The summed E-state index contributed by atoms with van der Waals surface area (Å²) in [7, 11) is 0. The number of aliphatic hydroxyl groups is 1. The van der Waals surface area contributed by atoms with E-state index in [4.69, 9.17) is 16.7 Å². The maximum Gasteiger partial charge on any atom is 0.469 e. The first-order chi connectivity index (χ1) is 5.77. The normalized spacial score (nSPS) is 12.5. The van der Waals surface area contributed by atoms with Gasteiger partial charge in [-0.25, -0.2) is 0 Å². The second kappa shape index (κ2) is 4.50. The summed E-state index contributed by atoms with van der Waals surface area (Å²) in [6, 6.07) is 6.95. The highest BCUT2D eigenvalue weighted by Gasteiger charge is 2.22. The lowest BCUT2D eigenvalue weighted by Gasteiger charge is -1.97. The van der Waals surface area contributed by atoms with Crippen molar-refractivity contribution in [3.8, 4) is 0 Å². The number of benzene rings is 1. The zero-order valence-corrected chi connectivity index (χ0v) is 7.81. The van der Waals surface area contributed by atoms with E-state index in [1.807, 2.05) is 0 Å². The first-order valence-electron chi connectivity index (χ1n) is 3.43. The van der Waals surface area contributed by atoms with Gasteiger partial charge in [0, 0.05) is 14.8 Å². The van der Waals surface area contributed by atoms with Crippen molar-refractivity contribution in [2.45, 2.75) is 5.25 Å². The molecule has 0 aliphatic rings. The lowest BCUT2D eigenvalue weighted by Crippen LogP contribution is -2.01. The fourth-order valence-corrected chi connectivity index (χ4v) is 1.42. The van der Waals surface area contributed by atoms with E-state index >= 15 is 0 Å². The standard InChI is InChI=1S/C8H8ClO2S/c9-7-3-1-2-6(4-7)8(5-10)12-11/h1-4,8,10H,5H2/q+1. The van der Waals surface area contributed by atoms with Crippen LogP contribution in [-0.4, -0.2) is 11.7 Å². The van der Waals surface area contributed by atoms with Crippen molar-refractivity contribution in [1.29, 1.82) is 0 Å². The molecule has 1 unspecified atom stereocenters. The molecule has 64 valence electrons. The minimum atomic E-state index is -0.413. The Morgan fingerprint density at radius 1 is 1.58 bits per heavy atom. The quantitative estimate of drug-likeness (QED) is 0.761. The Hall–Kier alpha value is -0.510. The molecule has 0 aliphatic carbocycles. The van der Waals surface area contributed by atoms with E-state index in [-0.39, 0.29) is 6.61 Å². The highest BCUT2D eigenvalue weighted by Crippen LogP contribution is 2.18. The van der Waals surface area contributed by atoms with Crippen LogP contribution >= 0.6 is 11.6 Å². The van der Waals surface area contributed by atoms with Crippen molar-refractivity contribution >= 4 is 23.3 Å². The molecule has 1 N–H and O–H groups in total. The SMILES string of the molecule is O=[S+]C(CO)c1cccc(Cl)c1. The summed E-state index contributed by atoms with van der Waals surface area (Å²) in [6.45, 7) is -0.158. The van der Waals surface area contributed by atoms with Crippen molar-refractivity contribution in [1.82, 2.24) is 0 Å². The van der Waals surface area contributed by atoms with Gasteiger partial charge < -0.3 is 5.11 Å². The van der Waals surface area contributed by atoms with Gasteiger partial charge in [-0.05, 0) is 12.1 Å². The Kier molecular flexibility index (Phi) is 3.59. The van der Waals surface area contributed by atoms with Crippen LogP contribution in [-0.2, 0) is 15.9 Å². The monoisotopic (exact) mass is 203 g/mol. The predicted octanol–water partition coefficient (Wildman–Crippen LogP) is 1.80. The second-order valence-electron chi connectivity index (χ2n) is 2.32. The molecule has 1 rings (SSSR count). The number of hydrogen-bond donors (Lipinski definition) is 1. The van der Waals surface area contributed by atoms with Gasteiger partial charge in [0.15, 0.2) is 0 Å². The molecule has 0 aliphatic heterocycles. The molecule has 0 heterocycles. The molecular formula is C8H8ClO2S+. The van der Waals surface area contributed by atoms with E-state index in [0.29, 0.717) is 16.7 Å². The Morgan fingerprint density at radius 3 is 2.83 bits per heavy atom. The van der Waals surface area contributed by atoms with Gasteiger partial charge in [0.1, 0.15) is 6.61 Å². The van der Waals surface area contributed by atoms with Crippen molar-refractivity contribution in [2.24, 2.45) is 0 Å². The van der Waals surface area contributed by atoms with Crippen LogP contribution in [0, 0.1) is 0 Å². The van der Waals surface area contributed by atoms with Gasteiger partial charge in [-0.1, -0.05) is 23.7 Å². The van der Waals surface area contributed by atoms with Crippen LogP contribution in [0.1, 0.15) is 10.8 Å². The molecule has 2 nitrogen and oxygen atoms in total. The summed E-state index contributed by atoms with van der Waals surface area (Å²) in [5.74, 6) is 0. The lowest BCUT2D eigenvalue weighted by molar-refractivity contribution is 0.295. The third-order valence-corrected chi connectivity index (χ3v) is 2.39. The van der Waals surface area contributed by atoms with Gasteiger partial charge in [0.05, 0.1) is 0 Å². The zero-order chi connectivity index (χ0) is 8.97. The molecule has 0 aromatic heterocycles. The number of hydrogen-bond acceptors (Lipinski definition) is 2. The average molecular weight is 204 g/mol.